The van der Waals surface area contributed by atoms with Crippen molar-refractivity contribution in [2.24, 2.45) is 5.73 Å². The van der Waals surface area contributed by atoms with Crippen molar-refractivity contribution < 1.29 is 14.2 Å². The van der Waals surface area contributed by atoms with E-state index in [4.69, 9.17) is 19.9 Å². The van der Waals surface area contributed by atoms with E-state index >= 15 is 0 Å². The molecule has 4 nitrogen and oxygen atoms in total. The van der Waals surface area contributed by atoms with Crippen LogP contribution in [-0.4, -0.2) is 33.5 Å². The van der Waals surface area contributed by atoms with Crippen LogP contribution in [-0.2, 0) is 4.74 Å². The Balaban J connectivity index is 2.49. The Kier molecular flexibility index (Phi) is 4.93. The highest BCUT2D eigenvalue weighted by atomic mass is 16.5. The van der Waals surface area contributed by atoms with Crippen LogP contribution in [0.15, 0.2) is 24.3 Å². The van der Waals surface area contributed by atoms with Gasteiger partial charge in [-0.25, -0.2) is 0 Å². The Morgan fingerprint density at radius 1 is 1.13 bits per heavy atom. The Morgan fingerprint density at radius 3 is 2.40 bits per heavy atom. The predicted molar refractivity (Wildman–Crippen MR) is 58.3 cm³/mol. The van der Waals surface area contributed by atoms with Crippen molar-refractivity contribution in [1.29, 1.82) is 0 Å². The second-order valence-corrected chi connectivity index (χ2v) is 3.18. The number of benzene rings is 1. The second kappa shape index (κ2) is 6.27. The lowest BCUT2D eigenvalue weighted by atomic mass is 10.3. The van der Waals surface area contributed by atoms with E-state index in [-0.39, 0.29) is 6.04 Å². The van der Waals surface area contributed by atoms with Crippen molar-refractivity contribution in [2.75, 3.05) is 27.4 Å². The van der Waals surface area contributed by atoms with Gasteiger partial charge in [0.05, 0.1) is 19.8 Å². The van der Waals surface area contributed by atoms with Gasteiger partial charge in [0, 0.05) is 7.11 Å². The van der Waals surface area contributed by atoms with E-state index < -0.39 is 0 Å². The molecule has 0 spiro atoms. The lowest BCUT2D eigenvalue weighted by Crippen LogP contribution is -2.32. The molecule has 0 radical (unpaired) electrons. The number of ether oxygens (including phenoxy) is 3. The van der Waals surface area contributed by atoms with Crippen molar-refractivity contribution in [3.05, 3.63) is 24.3 Å². The van der Waals surface area contributed by atoms with Gasteiger partial charge in [-0.3, -0.25) is 0 Å². The molecule has 0 aliphatic rings. The maximum Gasteiger partial charge on any atom is 0.161 e. The Bertz CT molecular complexity index is 291. The fraction of sp³-hybridized carbons (Fsp3) is 0.455. The third-order valence-corrected chi connectivity index (χ3v) is 1.90. The van der Waals surface area contributed by atoms with Crippen molar-refractivity contribution in [1.82, 2.24) is 0 Å². The molecule has 2 N–H and O–H groups in total. The standard InChI is InChI=1S/C11H17NO3/c1-13-7-9(12)8-15-11-6-4-3-5-10(11)14-2/h3-6,9H,7-8,12H2,1-2H3. The molecule has 1 rings (SSSR count). The number of hydrogen-bond donors (Lipinski definition) is 1. The summed E-state index contributed by atoms with van der Waals surface area (Å²) >= 11 is 0. The van der Waals surface area contributed by atoms with E-state index in [0.717, 1.165) is 0 Å². The van der Waals surface area contributed by atoms with Gasteiger partial charge in [-0.05, 0) is 12.1 Å². The number of nitrogens with two attached hydrogens (primary N) is 1. The van der Waals surface area contributed by atoms with Gasteiger partial charge in [0.1, 0.15) is 6.61 Å². The average Bonchev–Trinajstić information content (AvgIpc) is 2.27. The zero-order chi connectivity index (χ0) is 11.1. The van der Waals surface area contributed by atoms with Crippen molar-refractivity contribution in [3.63, 3.8) is 0 Å². The third kappa shape index (κ3) is 3.77. The van der Waals surface area contributed by atoms with Gasteiger partial charge in [-0.2, -0.15) is 0 Å². The number of rotatable bonds is 6. The molecule has 15 heavy (non-hydrogen) atoms. The minimum atomic E-state index is -0.125. The smallest absolute Gasteiger partial charge is 0.161 e. The van der Waals surface area contributed by atoms with Gasteiger partial charge < -0.3 is 19.9 Å². The Morgan fingerprint density at radius 2 is 1.80 bits per heavy atom. The summed E-state index contributed by atoms with van der Waals surface area (Å²) in [5.41, 5.74) is 5.73. The molecular formula is C11H17NO3. The van der Waals surface area contributed by atoms with Crippen LogP contribution in [0.3, 0.4) is 0 Å². The molecule has 0 aliphatic heterocycles. The van der Waals surface area contributed by atoms with E-state index in [0.29, 0.717) is 24.7 Å². The highest BCUT2D eigenvalue weighted by molar-refractivity contribution is 5.39. The molecule has 84 valence electrons. The molecule has 1 atom stereocenters. The van der Waals surface area contributed by atoms with Crippen molar-refractivity contribution >= 4 is 0 Å². The first-order valence-corrected chi connectivity index (χ1v) is 4.78. The van der Waals surface area contributed by atoms with Crippen LogP contribution < -0.4 is 15.2 Å². The molecule has 0 saturated carbocycles. The van der Waals surface area contributed by atoms with Crippen LogP contribution >= 0.6 is 0 Å². The summed E-state index contributed by atoms with van der Waals surface area (Å²) in [6, 6.07) is 7.34. The zero-order valence-electron chi connectivity index (χ0n) is 9.10. The highest BCUT2D eigenvalue weighted by Gasteiger charge is 2.06. The van der Waals surface area contributed by atoms with Crippen LogP contribution in [0.25, 0.3) is 0 Å². The van der Waals surface area contributed by atoms with Gasteiger partial charge in [-0.15, -0.1) is 0 Å². The maximum absolute atomic E-state index is 5.73. The van der Waals surface area contributed by atoms with Gasteiger partial charge in [0.2, 0.25) is 0 Å². The molecule has 0 aromatic heterocycles. The first-order valence-electron chi connectivity index (χ1n) is 4.78. The van der Waals surface area contributed by atoms with E-state index in [2.05, 4.69) is 0 Å². The topological polar surface area (TPSA) is 53.7 Å². The average molecular weight is 211 g/mol. The van der Waals surface area contributed by atoms with E-state index in [1.165, 1.54) is 0 Å². The summed E-state index contributed by atoms with van der Waals surface area (Å²) in [5, 5.41) is 0. The summed E-state index contributed by atoms with van der Waals surface area (Å²) in [6.07, 6.45) is 0. The van der Waals surface area contributed by atoms with Crippen molar-refractivity contribution in [2.45, 2.75) is 6.04 Å². The quantitative estimate of drug-likeness (QED) is 0.764. The number of para-hydroxylation sites is 2. The first-order chi connectivity index (χ1) is 7.27. The van der Waals surface area contributed by atoms with E-state index in [1.807, 2.05) is 24.3 Å². The van der Waals surface area contributed by atoms with Crippen LogP contribution in [0.1, 0.15) is 0 Å². The molecular weight excluding hydrogens is 194 g/mol. The summed E-state index contributed by atoms with van der Waals surface area (Å²) in [6.45, 7) is 0.892. The minimum Gasteiger partial charge on any atom is -0.493 e. The van der Waals surface area contributed by atoms with Crippen LogP contribution in [0.5, 0.6) is 11.5 Å². The van der Waals surface area contributed by atoms with Gasteiger partial charge >= 0.3 is 0 Å². The lowest BCUT2D eigenvalue weighted by molar-refractivity contribution is 0.151. The number of hydrogen-bond acceptors (Lipinski definition) is 4. The second-order valence-electron chi connectivity index (χ2n) is 3.18. The molecule has 0 heterocycles. The lowest BCUT2D eigenvalue weighted by Gasteiger charge is -2.14. The normalized spacial score (nSPS) is 12.2. The molecule has 1 aromatic carbocycles. The van der Waals surface area contributed by atoms with Gasteiger partial charge in [0.15, 0.2) is 11.5 Å². The molecule has 0 saturated heterocycles. The zero-order valence-corrected chi connectivity index (χ0v) is 9.10. The van der Waals surface area contributed by atoms with Crippen LogP contribution in [0.4, 0.5) is 0 Å². The third-order valence-electron chi connectivity index (χ3n) is 1.90. The van der Waals surface area contributed by atoms with Crippen LogP contribution in [0.2, 0.25) is 0 Å². The SMILES string of the molecule is COCC(N)COc1ccccc1OC. The molecule has 1 aromatic rings. The summed E-state index contributed by atoms with van der Waals surface area (Å²) in [5.74, 6) is 1.41. The first kappa shape index (κ1) is 11.8. The molecule has 0 bridgehead atoms. The van der Waals surface area contributed by atoms with Crippen molar-refractivity contribution in [3.8, 4) is 11.5 Å². The fourth-order valence-electron chi connectivity index (χ4n) is 1.20. The molecule has 0 fully saturated rings. The van der Waals surface area contributed by atoms with E-state index in [1.54, 1.807) is 14.2 Å². The number of methoxy groups -OCH3 is 2. The molecule has 0 aliphatic carbocycles. The Hall–Kier alpha value is -1.26. The monoisotopic (exact) mass is 211 g/mol. The van der Waals surface area contributed by atoms with Gasteiger partial charge in [0.25, 0.3) is 0 Å². The molecule has 1 unspecified atom stereocenters. The van der Waals surface area contributed by atoms with Gasteiger partial charge in [-0.1, -0.05) is 12.1 Å². The van der Waals surface area contributed by atoms with E-state index in [9.17, 15) is 0 Å². The Labute approximate surface area is 89.9 Å². The van der Waals surface area contributed by atoms with Crippen LogP contribution in [0, 0.1) is 0 Å². The fourth-order valence-corrected chi connectivity index (χ4v) is 1.20. The molecule has 4 heteroatoms. The highest BCUT2D eigenvalue weighted by Crippen LogP contribution is 2.25. The minimum absolute atomic E-state index is 0.125. The molecule has 0 amide bonds. The summed E-state index contributed by atoms with van der Waals surface area (Å²) in [7, 11) is 3.22. The maximum atomic E-state index is 5.73. The predicted octanol–water partition coefficient (Wildman–Crippen LogP) is 1.05. The summed E-state index contributed by atoms with van der Waals surface area (Å²) in [4.78, 5) is 0. The summed E-state index contributed by atoms with van der Waals surface area (Å²) < 4.78 is 15.6. The largest absolute Gasteiger partial charge is 0.493 e.